The van der Waals surface area contributed by atoms with Gasteiger partial charge in [-0.1, -0.05) is 18.2 Å². The summed E-state index contributed by atoms with van der Waals surface area (Å²) in [6.45, 7) is -0.493. The minimum absolute atomic E-state index is 0.0260. The van der Waals surface area contributed by atoms with E-state index in [4.69, 9.17) is 0 Å². The molecule has 1 aliphatic heterocycles. The zero-order valence-corrected chi connectivity index (χ0v) is 13.3. The summed E-state index contributed by atoms with van der Waals surface area (Å²) in [4.78, 5) is 23.2. The Morgan fingerprint density at radius 3 is 2.29 bits per heavy atom. The number of rotatable bonds is 5. The zero-order chi connectivity index (χ0) is 17.3. The summed E-state index contributed by atoms with van der Waals surface area (Å²) in [6, 6.07) is 12.1. The van der Waals surface area contributed by atoms with E-state index in [0.29, 0.717) is 5.69 Å². The SMILES string of the molecule is O=C1NC(=O)c2cc(S(=O)(=O)N(CCO)c3ccccc3)ccc21. The normalized spacial score (nSPS) is 13.5. The van der Waals surface area contributed by atoms with E-state index in [1.54, 1.807) is 30.3 Å². The highest BCUT2D eigenvalue weighted by atomic mass is 32.2. The third-order valence-corrected chi connectivity index (χ3v) is 5.47. The van der Waals surface area contributed by atoms with E-state index in [1.165, 1.54) is 18.2 Å². The minimum Gasteiger partial charge on any atom is -0.394 e. The molecule has 0 atom stereocenters. The summed E-state index contributed by atoms with van der Waals surface area (Å²) in [5.74, 6) is -1.17. The highest BCUT2D eigenvalue weighted by Gasteiger charge is 2.31. The van der Waals surface area contributed by atoms with Crippen LogP contribution in [0.25, 0.3) is 0 Å². The average molecular weight is 346 g/mol. The van der Waals surface area contributed by atoms with Gasteiger partial charge in [0.1, 0.15) is 0 Å². The Morgan fingerprint density at radius 1 is 0.958 bits per heavy atom. The lowest BCUT2D eigenvalue weighted by molar-refractivity contribution is 0.0879. The van der Waals surface area contributed by atoms with Crippen LogP contribution < -0.4 is 9.62 Å². The molecule has 1 heterocycles. The van der Waals surface area contributed by atoms with Crippen molar-refractivity contribution in [2.24, 2.45) is 0 Å². The molecule has 0 aliphatic carbocycles. The van der Waals surface area contributed by atoms with E-state index in [0.717, 1.165) is 4.31 Å². The maximum Gasteiger partial charge on any atom is 0.264 e. The standard InChI is InChI=1S/C16H14N2O5S/c19-9-8-18(11-4-2-1-3-5-11)24(22,23)12-6-7-13-14(10-12)16(21)17-15(13)20/h1-7,10,19H,8-9H2,(H,17,20,21). The number of fused-ring (bicyclic) bond motifs is 1. The van der Waals surface area contributed by atoms with Gasteiger partial charge in [0.05, 0.1) is 34.9 Å². The number of nitrogens with zero attached hydrogens (tertiary/aromatic N) is 1. The van der Waals surface area contributed by atoms with Gasteiger partial charge in [0.15, 0.2) is 0 Å². The van der Waals surface area contributed by atoms with Crippen molar-refractivity contribution in [1.29, 1.82) is 0 Å². The van der Waals surface area contributed by atoms with Gasteiger partial charge >= 0.3 is 0 Å². The van der Waals surface area contributed by atoms with Gasteiger partial charge in [-0.15, -0.1) is 0 Å². The Morgan fingerprint density at radius 2 is 1.62 bits per heavy atom. The maximum absolute atomic E-state index is 12.9. The smallest absolute Gasteiger partial charge is 0.264 e. The van der Waals surface area contributed by atoms with Crippen LogP contribution in [0, 0.1) is 0 Å². The van der Waals surface area contributed by atoms with Crippen LogP contribution in [0.4, 0.5) is 5.69 Å². The van der Waals surface area contributed by atoms with Gasteiger partial charge in [0.2, 0.25) is 0 Å². The van der Waals surface area contributed by atoms with Crippen LogP contribution in [-0.4, -0.2) is 38.5 Å². The first-order valence-corrected chi connectivity index (χ1v) is 8.57. The molecule has 2 aromatic rings. The number of hydrogen-bond acceptors (Lipinski definition) is 5. The number of anilines is 1. The van der Waals surface area contributed by atoms with Crippen LogP contribution in [0.1, 0.15) is 20.7 Å². The highest BCUT2D eigenvalue weighted by molar-refractivity contribution is 7.92. The Kier molecular flexibility index (Phi) is 4.08. The number of nitrogens with one attached hydrogen (secondary N) is 1. The van der Waals surface area contributed by atoms with Crippen LogP contribution in [0.5, 0.6) is 0 Å². The second kappa shape index (κ2) is 6.06. The monoisotopic (exact) mass is 346 g/mol. The molecule has 124 valence electrons. The lowest BCUT2D eigenvalue weighted by atomic mass is 10.1. The van der Waals surface area contributed by atoms with Crippen LogP contribution in [0.15, 0.2) is 53.4 Å². The fraction of sp³-hybridized carbons (Fsp3) is 0.125. The van der Waals surface area contributed by atoms with Gasteiger partial charge in [-0.25, -0.2) is 8.42 Å². The number of aliphatic hydroxyl groups is 1. The van der Waals surface area contributed by atoms with Crippen LogP contribution >= 0.6 is 0 Å². The predicted octanol–water partition coefficient (Wildman–Crippen LogP) is 0.758. The van der Waals surface area contributed by atoms with Crippen molar-refractivity contribution < 1.29 is 23.1 Å². The van der Waals surface area contributed by atoms with Gasteiger partial charge in [0.25, 0.3) is 21.8 Å². The second-order valence-corrected chi connectivity index (χ2v) is 6.99. The number of aliphatic hydroxyl groups excluding tert-OH is 1. The molecule has 3 rings (SSSR count). The van der Waals surface area contributed by atoms with Crippen molar-refractivity contribution in [3.63, 3.8) is 0 Å². The number of para-hydroxylation sites is 1. The van der Waals surface area contributed by atoms with Crippen LogP contribution in [-0.2, 0) is 10.0 Å². The molecule has 2 N–H and O–H groups in total. The number of carbonyl (C=O) groups is 2. The van der Waals surface area contributed by atoms with E-state index < -0.39 is 21.8 Å². The number of amides is 2. The Bertz CT molecular complexity index is 909. The summed E-state index contributed by atoms with van der Waals surface area (Å²) in [6.07, 6.45) is 0. The molecule has 0 unspecified atom stereocenters. The molecule has 2 amide bonds. The zero-order valence-electron chi connectivity index (χ0n) is 12.5. The Hall–Kier alpha value is -2.71. The molecule has 1 aliphatic rings. The first kappa shape index (κ1) is 16.2. The van der Waals surface area contributed by atoms with E-state index in [1.807, 2.05) is 0 Å². The average Bonchev–Trinajstić information content (AvgIpc) is 2.87. The van der Waals surface area contributed by atoms with Gasteiger partial charge < -0.3 is 5.11 Å². The highest BCUT2D eigenvalue weighted by Crippen LogP contribution is 2.26. The predicted molar refractivity (Wildman–Crippen MR) is 86.3 cm³/mol. The second-order valence-electron chi connectivity index (χ2n) is 5.13. The van der Waals surface area contributed by atoms with Crippen molar-refractivity contribution in [2.45, 2.75) is 4.90 Å². The fourth-order valence-corrected chi connectivity index (χ4v) is 3.99. The van der Waals surface area contributed by atoms with Crippen molar-refractivity contribution in [2.75, 3.05) is 17.5 Å². The third-order valence-electron chi connectivity index (χ3n) is 3.64. The Balaban J connectivity index is 2.08. The number of imide groups is 1. The number of benzene rings is 2. The summed E-state index contributed by atoms with van der Waals surface area (Å²) in [7, 11) is -4.00. The van der Waals surface area contributed by atoms with E-state index in [-0.39, 0.29) is 29.2 Å². The molecular weight excluding hydrogens is 332 g/mol. The lowest BCUT2D eigenvalue weighted by Crippen LogP contribution is -2.33. The molecule has 0 bridgehead atoms. The van der Waals surface area contributed by atoms with Crippen molar-refractivity contribution in [3.05, 3.63) is 59.7 Å². The van der Waals surface area contributed by atoms with Gasteiger partial charge in [-0.3, -0.25) is 19.2 Å². The number of hydrogen-bond donors (Lipinski definition) is 2. The van der Waals surface area contributed by atoms with Crippen molar-refractivity contribution in [1.82, 2.24) is 5.32 Å². The third kappa shape index (κ3) is 2.66. The van der Waals surface area contributed by atoms with E-state index >= 15 is 0 Å². The molecule has 0 fully saturated rings. The number of carbonyl (C=O) groups excluding carboxylic acids is 2. The molecular formula is C16H14N2O5S. The fourth-order valence-electron chi connectivity index (χ4n) is 2.51. The van der Waals surface area contributed by atoms with Crippen molar-refractivity contribution >= 4 is 27.5 Å². The lowest BCUT2D eigenvalue weighted by Gasteiger charge is -2.23. The first-order chi connectivity index (χ1) is 11.4. The summed E-state index contributed by atoms with van der Waals surface area (Å²) >= 11 is 0. The minimum atomic E-state index is -4.00. The molecule has 0 aromatic heterocycles. The van der Waals surface area contributed by atoms with Crippen LogP contribution in [0.2, 0.25) is 0 Å². The first-order valence-electron chi connectivity index (χ1n) is 7.13. The molecule has 0 spiro atoms. The molecule has 0 saturated heterocycles. The quantitative estimate of drug-likeness (QED) is 0.778. The van der Waals surface area contributed by atoms with Gasteiger partial charge in [0, 0.05) is 0 Å². The Labute approximate surface area is 138 Å². The van der Waals surface area contributed by atoms with Gasteiger partial charge in [-0.05, 0) is 30.3 Å². The number of sulfonamides is 1. The largest absolute Gasteiger partial charge is 0.394 e. The molecule has 8 heteroatoms. The van der Waals surface area contributed by atoms with E-state index in [2.05, 4.69) is 5.32 Å². The summed E-state index contributed by atoms with van der Waals surface area (Å²) in [5.41, 5.74) is 0.568. The molecule has 24 heavy (non-hydrogen) atoms. The summed E-state index contributed by atoms with van der Waals surface area (Å²) in [5, 5.41) is 11.3. The maximum atomic E-state index is 12.9. The molecule has 2 aromatic carbocycles. The molecule has 0 radical (unpaired) electrons. The van der Waals surface area contributed by atoms with E-state index in [9.17, 15) is 23.1 Å². The summed E-state index contributed by atoms with van der Waals surface area (Å²) < 4.78 is 26.9. The molecule has 0 saturated carbocycles. The molecule has 7 nitrogen and oxygen atoms in total. The van der Waals surface area contributed by atoms with Crippen molar-refractivity contribution in [3.8, 4) is 0 Å². The van der Waals surface area contributed by atoms with Crippen LogP contribution in [0.3, 0.4) is 0 Å². The van der Waals surface area contributed by atoms with Gasteiger partial charge in [-0.2, -0.15) is 0 Å². The topological polar surface area (TPSA) is 104 Å².